The Kier molecular flexibility index (Phi) is 4.88. The molecule has 0 atom stereocenters. The van der Waals surface area contributed by atoms with E-state index in [0.29, 0.717) is 17.1 Å². The van der Waals surface area contributed by atoms with E-state index in [0.717, 1.165) is 32.2 Å². The van der Waals surface area contributed by atoms with E-state index >= 15 is 0 Å². The third kappa shape index (κ3) is 3.07. The van der Waals surface area contributed by atoms with Gasteiger partial charge in [-0.2, -0.15) is 4.31 Å². The highest BCUT2D eigenvalue weighted by Gasteiger charge is 2.38. The Morgan fingerprint density at radius 1 is 1.35 bits per heavy atom. The highest BCUT2D eigenvalue weighted by atomic mass is 32.2. The smallest absolute Gasteiger partial charge is 0.244 e. The van der Waals surface area contributed by atoms with Gasteiger partial charge in [-0.25, -0.2) is 8.42 Å². The number of rotatable bonds is 8. The standard InChI is InChI=1S/C14H24N2O3S/c1-3-7-15-10-14(9-13(15)11-17)20(18,19)16(8-4-2)12-5-6-12/h9-10,12,17H,3-8,11H2,1-2H3. The van der Waals surface area contributed by atoms with Gasteiger partial charge in [-0.05, 0) is 31.7 Å². The minimum atomic E-state index is -3.43. The van der Waals surface area contributed by atoms with Crippen molar-refractivity contribution in [2.24, 2.45) is 0 Å². The van der Waals surface area contributed by atoms with Crippen LogP contribution in [0.1, 0.15) is 45.2 Å². The molecule has 1 heterocycles. The molecule has 0 aromatic carbocycles. The lowest BCUT2D eigenvalue weighted by atomic mass is 10.4. The number of hydrogen-bond acceptors (Lipinski definition) is 3. The van der Waals surface area contributed by atoms with Crippen LogP contribution in [0.5, 0.6) is 0 Å². The van der Waals surface area contributed by atoms with E-state index in [1.165, 1.54) is 0 Å². The Morgan fingerprint density at radius 2 is 2.05 bits per heavy atom. The van der Waals surface area contributed by atoms with Crippen molar-refractivity contribution in [3.8, 4) is 0 Å². The van der Waals surface area contributed by atoms with Crippen molar-refractivity contribution >= 4 is 10.0 Å². The maximum absolute atomic E-state index is 12.7. The molecule has 0 amide bonds. The molecule has 20 heavy (non-hydrogen) atoms. The van der Waals surface area contributed by atoms with Crippen LogP contribution in [0.2, 0.25) is 0 Å². The maximum Gasteiger partial charge on any atom is 0.244 e. The van der Waals surface area contributed by atoms with Gasteiger partial charge in [0.15, 0.2) is 0 Å². The van der Waals surface area contributed by atoms with E-state index < -0.39 is 10.0 Å². The Morgan fingerprint density at radius 3 is 2.55 bits per heavy atom. The molecule has 0 aliphatic heterocycles. The van der Waals surface area contributed by atoms with Crippen molar-refractivity contribution < 1.29 is 13.5 Å². The van der Waals surface area contributed by atoms with Crippen molar-refractivity contribution in [3.05, 3.63) is 18.0 Å². The topological polar surface area (TPSA) is 62.5 Å². The average molecular weight is 300 g/mol. The summed E-state index contributed by atoms with van der Waals surface area (Å²) in [4.78, 5) is 0.315. The van der Waals surface area contributed by atoms with Crippen LogP contribution in [0.3, 0.4) is 0 Å². The van der Waals surface area contributed by atoms with Crippen molar-refractivity contribution in [1.29, 1.82) is 0 Å². The zero-order valence-corrected chi connectivity index (χ0v) is 13.1. The van der Waals surface area contributed by atoms with Gasteiger partial charge in [0, 0.05) is 31.0 Å². The zero-order valence-electron chi connectivity index (χ0n) is 12.2. The average Bonchev–Trinajstić information content (AvgIpc) is 3.16. The molecule has 0 unspecified atom stereocenters. The van der Waals surface area contributed by atoms with E-state index in [1.807, 2.05) is 18.4 Å². The van der Waals surface area contributed by atoms with Gasteiger partial charge in [-0.15, -0.1) is 0 Å². The van der Waals surface area contributed by atoms with Gasteiger partial charge in [0.05, 0.1) is 6.61 Å². The van der Waals surface area contributed by atoms with E-state index in [9.17, 15) is 13.5 Å². The lowest BCUT2D eigenvalue weighted by Gasteiger charge is -2.20. The van der Waals surface area contributed by atoms with Crippen molar-refractivity contribution in [2.45, 2.75) is 63.6 Å². The third-order valence-corrected chi connectivity index (χ3v) is 5.51. The van der Waals surface area contributed by atoms with Crippen LogP contribution in [0.4, 0.5) is 0 Å². The first-order valence-corrected chi connectivity index (χ1v) is 8.80. The fourth-order valence-electron chi connectivity index (χ4n) is 2.46. The summed E-state index contributed by atoms with van der Waals surface area (Å²) in [5.41, 5.74) is 0.665. The molecule has 0 saturated heterocycles. The van der Waals surface area contributed by atoms with E-state index in [-0.39, 0.29) is 12.6 Å². The number of aliphatic hydroxyl groups is 1. The molecular weight excluding hydrogens is 276 g/mol. The molecule has 1 aromatic heterocycles. The SMILES string of the molecule is CCCN(C1CC1)S(=O)(=O)c1cc(CO)n(CCC)c1. The molecule has 1 saturated carbocycles. The largest absolute Gasteiger partial charge is 0.390 e. The Balaban J connectivity index is 2.32. The molecule has 0 bridgehead atoms. The summed E-state index contributed by atoms with van der Waals surface area (Å²) in [6, 6.07) is 1.78. The summed E-state index contributed by atoms with van der Waals surface area (Å²) in [5, 5.41) is 9.36. The predicted octanol–water partition coefficient (Wildman–Crippen LogP) is 1.95. The molecule has 6 heteroatoms. The van der Waals surface area contributed by atoms with Gasteiger partial charge >= 0.3 is 0 Å². The first-order valence-electron chi connectivity index (χ1n) is 7.36. The normalized spacial score (nSPS) is 16.0. The zero-order chi connectivity index (χ0) is 14.8. The second-order valence-corrected chi connectivity index (χ2v) is 7.26. The van der Waals surface area contributed by atoms with Crippen molar-refractivity contribution in [2.75, 3.05) is 6.54 Å². The third-order valence-electron chi connectivity index (χ3n) is 3.59. The maximum atomic E-state index is 12.7. The van der Waals surface area contributed by atoms with E-state index in [2.05, 4.69) is 0 Å². The van der Waals surface area contributed by atoms with E-state index in [1.54, 1.807) is 16.6 Å². The molecule has 114 valence electrons. The van der Waals surface area contributed by atoms with Crippen LogP contribution in [0.25, 0.3) is 0 Å². The summed E-state index contributed by atoms with van der Waals surface area (Å²) in [6.45, 7) is 5.19. The lowest BCUT2D eigenvalue weighted by molar-refractivity contribution is 0.270. The molecule has 2 rings (SSSR count). The molecule has 1 aliphatic rings. The summed E-state index contributed by atoms with van der Waals surface area (Å²) >= 11 is 0. The molecule has 1 aromatic rings. The Bertz CT molecular complexity index is 547. The van der Waals surface area contributed by atoms with Gasteiger partial charge in [0.25, 0.3) is 0 Å². The lowest BCUT2D eigenvalue weighted by Crippen LogP contribution is -2.33. The number of aromatic nitrogens is 1. The fourth-order valence-corrected chi connectivity index (χ4v) is 4.31. The summed E-state index contributed by atoms with van der Waals surface area (Å²) in [7, 11) is -3.43. The molecule has 1 aliphatic carbocycles. The first-order chi connectivity index (χ1) is 9.54. The number of aryl methyl sites for hydroxylation is 1. The summed E-state index contributed by atoms with van der Waals surface area (Å²) in [5.74, 6) is 0. The summed E-state index contributed by atoms with van der Waals surface area (Å²) < 4.78 is 28.9. The van der Waals surface area contributed by atoms with Gasteiger partial charge in [-0.1, -0.05) is 13.8 Å². The number of aliphatic hydroxyl groups excluding tert-OH is 1. The van der Waals surface area contributed by atoms with Crippen molar-refractivity contribution in [1.82, 2.24) is 8.87 Å². The minimum Gasteiger partial charge on any atom is -0.390 e. The Hall–Kier alpha value is -0.850. The van der Waals surface area contributed by atoms with Crippen LogP contribution in [-0.4, -0.2) is 35.0 Å². The van der Waals surface area contributed by atoms with Crippen molar-refractivity contribution in [3.63, 3.8) is 0 Å². The Labute approximate surface area is 121 Å². The summed E-state index contributed by atoms with van der Waals surface area (Å²) in [6.07, 6.45) is 5.31. The van der Waals surface area contributed by atoms with Gasteiger partial charge < -0.3 is 9.67 Å². The van der Waals surface area contributed by atoms with Crippen LogP contribution in [0.15, 0.2) is 17.2 Å². The highest BCUT2D eigenvalue weighted by Crippen LogP contribution is 2.32. The highest BCUT2D eigenvalue weighted by molar-refractivity contribution is 7.89. The molecule has 0 radical (unpaired) electrons. The van der Waals surface area contributed by atoms with Gasteiger partial charge in [0.2, 0.25) is 10.0 Å². The van der Waals surface area contributed by atoms with Crippen LogP contribution < -0.4 is 0 Å². The fraction of sp³-hybridized carbons (Fsp3) is 0.714. The first kappa shape index (κ1) is 15.5. The quantitative estimate of drug-likeness (QED) is 0.798. The molecule has 1 N–H and O–H groups in total. The van der Waals surface area contributed by atoms with Gasteiger partial charge in [0.1, 0.15) is 4.90 Å². The van der Waals surface area contributed by atoms with Crippen LogP contribution in [0, 0.1) is 0 Å². The minimum absolute atomic E-state index is 0.132. The van der Waals surface area contributed by atoms with Crippen LogP contribution >= 0.6 is 0 Å². The number of nitrogens with zero attached hydrogens (tertiary/aromatic N) is 2. The molecular formula is C14H24N2O3S. The molecule has 0 spiro atoms. The molecule has 5 nitrogen and oxygen atoms in total. The van der Waals surface area contributed by atoms with Gasteiger partial charge in [-0.3, -0.25) is 0 Å². The molecule has 1 fully saturated rings. The number of sulfonamides is 1. The van der Waals surface area contributed by atoms with Crippen LogP contribution in [-0.2, 0) is 23.2 Å². The van der Waals surface area contributed by atoms with E-state index in [4.69, 9.17) is 0 Å². The second-order valence-electron chi connectivity index (χ2n) is 5.37. The second kappa shape index (κ2) is 6.28. The number of hydrogen-bond donors (Lipinski definition) is 1. The predicted molar refractivity (Wildman–Crippen MR) is 77.9 cm³/mol. The monoisotopic (exact) mass is 300 g/mol.